The van der Waals surface area contributed by atoms with Crippen molar-refractivity contribution in [2.45, 2.75) is 19.4 Å². The third-order valence-corrected chi connectivity index (χ3v) is 4.83. The average molecular weight is 347 g/mol. The SMILES string of the molecule is CC1CCN(C)c2ccccc2N1C(=O)c1cc(-n2cccn2)ccn1. The topological polar surface area (TPSA) is 54.3 Å². The van der Waals surface area contributed by atoms with Crippen molar-refractivity contribution in [3.05, 3.63) is 66.7 Å². The molecule has 6 nitrogen and oxygen atoms in total. The quantitative estimate of drug-likeness (QED) is 0.715. The molecule has 0 saturated carbocycles. The van der Waals surface area contributed by atoms with E-state index in [1.54, 1.807) is 23.1 Å². The van der Waals surface area contributed by atoms with Gasteiger partial charge in [-0.25, -0.2) is 4.68 Å². The van der Waals surface area contributed by atoms with E-state index < -0.39 is 0 Å². The number of anilines is 2. The maximum absolute atomic E-state index is 13.4. The number of carbonyl (C=O) groups excluding carboxylic acids is 1. The van der Waals surface area contributed by atoms with Gasteiger partial charge in [0.25, 0.3) is 5.91 Å². The molecule has 1 aromatic carbocycles. The fourth-order valence-corrected chi connectivity index (χ4v) is 3.39. The molecule has 0 aliphatic carbocycles. The number of hydrogen-bond donors (Lipinski definition) is 0. The lowest BCUT2D eigenvalue weighted by Gasteiger charge is -2.28. The molecule has 1 amide bonds. The van der Waals surface area contributed by atoms with Crippen molar-refractivity contribution in [1.29, 1.82) is 0 Å². The van der Waals surface area contributed by atoms with E-state index in [0.29, 0.717) is 5.69 Å². The van der Waals surface area contributed by atoms with E-state index in [-0.39, 0.29) is 11.9 Å². The normalized spacial score (nSPS) is 16.9. The summed E-state index contributed by atoms with van der Waals surface area (Å²) >= 11 is 0. The Morgan fingerprint density at radius 3 is 2.69 bits per heavy atom. The zero-order valence-electron chi connectivity index (χ0n) is 14.9. The average Bonchev–Trinajstić information content (AvgIpc) is 3.18. The summed E-state index contributed by atoms with van der Waals surface area (Å²) in [6, 6.07) is 13.6. The van der Waals surface area contributed by atoms with E-state index in [2.05, 4.69) is 35.0 Å². The second-order valence-electron chi connectivity index (χ2n) is 6.57. The van der Waals surface area contributed by atoms with E-state index >= 15 is 0 Å². The number of para-hydroxylation sites is 2. The van der Waals surface area contributed by atoms with Crippen LogP contribution in [-0.2, 0) is 0 Å². The predicted octanol–water partition coefficient (Wildman–Crippen LogP) is 3.14. The first-order valence-corrected chi connectivity index (χ1v) is 8.75. The Hall–Kier alpha value is -3.15. The summed E-state index contributed by atoms with van der Waals surface area (Å²) in [6.45, 7) is 2.99. The molecule has 3 aromatic rings. The first-order valence-electron chi connectivity index (χ1n) is 8.75. The zero-order valence-corrected chi connectivity index (χ0v) is 14.9. The van der Waals surface area contributed by atoms with Crippen molar-refractivity contribution in [1.82, 2.24) is 14.8 Å². The molecule has 1 atom stereocenters. The van der Waals surface area contributed by atoms with Crippen LogP contribution in [0.1, 0.15) is 23.8 Å². The van der Waals surface area contributed by atoms with E-state index in [1.807, 2.05) is 41.4 Å². The summed E-state index contributed by atoms with van der Waals surface area (Å²) in [5.74, 6) is -0.0887. The molecule has 0 N–H and O–H groups in total. The number of rotatable bonds is 2. The van der Waals surface area contributed by atoms with Gasteiger partial charge >= 0.3 is 0 Å². The van der Waals surface area contributed by atoms with Crippen molar-refractivity contribution in [3.63, 3.8) is 0 Å². The second kappa shape index (κ2) is 6.63. The number of hydrogen-bond acceptors (Lipinski definition) is 4. The molecule has 6 heteroatoms. The molecule has 3 heterocycles. The molecule has 1 aliphatic heterocycles. The number of benzene rings is 1. The molecule has 0 saturated heterocycles. The highest BCUT2D eigenvalue weighted by molar-refractivity contribution is 6.07. The van der Waals surface area contributed by atoms with E-state index in [0.717, 1.165) is 30.0 Å². The van der Waals surface area contributed by atoms with Gasteiger partial charge < -0.3 is 9.80 Å². The number of amides is 1. The maximum atomic E-state index is 13.4. The molecule has 2 aromatic heterocycles. The van der Waals surface area contributed by atoms with Gasteiger partial charge in [-0.3, -0.25) is 9.78 Å². The summed E-state index contributed by atoms with van der Waals surface area (Å²) in [4.78, 5) is 21.8. The second-order valence-corrected chi connectivity index (χ2v) is 6.57. The molecule has 4 rings (SSSR count). The van der Waals surface area contributed by atoms with Crippen molar-refractivity contribution in [2.75, 3.05) is 23.4 Å². The number of carbonyl (C=O) groups is 1. The predicted molar refractivity (Wildman–Crippen MR) is 102 cm³/mol. The van der Waals surface area contributed by atoms with Crippen LogP contribution in [-0.4, -0.2) is 40.3 Å². The summed E-state index contributed by atoms with van der Waals surface area (Å²) in [7, 11) is 2.07. The summed E-state index contributed by atoms with van der Waals surface area (Å²) in [6.07, 6.45) is 6.12. The van der Waals surface area contributed by atoms with Crippen LogP contribution in [0.5, 0.6) is 0 Å². The molecular weight excluding hydrogens is 326 g/mol. The van der Waals surface area contributed by atoms with Crippen LogP contribution in [0, 0.1) is 0 Å². The van der Waals surface area contributed by atoms with Crippen LogP contribution in [0.2, 0.25) is 0 Å². The van der Waals surface area contributed by atoms with Gasteiger partial charge in [-0.15, -0.1) is 0 Å². The minimum absolute atomic E-state index is 0.0868. The first kappa shape index (κ1) is 16.3. The number of nitrogens with zero attached hydrogens (tertiary/aromatic N) is 5. The Morgan fingerprint density at radius 2 is 1.92 bits per heavy atom. The lowest BCUT2D eigenvalue weighted by Crippen LogP contribution is -2.39. The first-order chi connectivity index (χ1) is 12.6. The third kappa shape index (κ3) is 2.83. The van der Waals surface area contributed by atoms with Crippen molar-refractivity contribution in [3.8, 4) is 5.69 Å². The fraction of sp³-hybridized carbons (Fsp3) is 0.250. The molecule has 0 radical (unpaired) electrons. The van der Waals surface area contributed by atoms with Gasteiger partial charge in [0.15, 0.2) is 0 Å². The Labute approximate surface area is 152 Å². The number of aromatic nitrogens is 3. The monoisotopic (exact) mass is 347 g/mol. The molecule has 1 unspecified atom stereocenters. The number of pyridine rings is 1. The van der Waals surface area contributed by atoms with Gasteiger partial charge in [0, 0.05) is 38.2 Å². The van der Waals surface area contributed by atoms with E-state index in [1.165, 1.54) is 0 Å². The fourth-order valence-electron chi connectivity index (χ4n) is 3.39. The lowest BCUT2D eigenvalue weighted by atomic mass is 10.1. The third-order valence-electron chi connectivity index (χ3n) is 4.83. The molecule has 26 heavy (non-hydrogen) atoms. The van der Waals surface area contributed by atoms with Gasteiger partial charge in [-0.2, -0.15) is 5.10 Å². The van der Waals surface area contributed by atoms with Crippen LogP contribution >= 0.6 is 0 Å². The van der Waals surface area contributed by atoms with E-state index in [4.69, 9.17) is 0 Å². The Bertz CT molecular complexity index is 921. The maximum Gasteiger partial charge on any atom is 0.277 e. The summed E-state index contributed by atoms with van der Waals surface area (Å²) in [5, 5.41) is 4.23. The van der Waals surface area contributed by atoms with Crippen molar-refractivity contribution >= 4 is 17.3 Å². The summed E-state index contributed by atoms with van der Waals surface area (Å²) in [5.41, 5.74) is 3.23. The van der Waals surface area contributed by atoms with Gasteiger partial charge in [0.1, 0.15) is 5.69 Å². The van der Waals surface area contributed by atoms with Crippen LogP contribution in [0.25, 0.3) is 5.69 Å². The highest BCUT2D eigenvalue weighted by Gasteiger charge is 2.29. The zero-order chi connectivity index (χ0) is 18.1. The Kier molecular flexibility index (Phi) is 4.16. The minimum Gasteiger partial charge on any atom is -0.373 e. The van der Waals surface area contributed by atoms with Gasteiger partial charge in [-0.1, -0.05) is 12.1 Å². The van der Waals surface area contributed by atoms with Crippen LogP contribution in [0.4, 0.5) is 11.4 Å². The minimum atomic E-state index is -0.0887. The van der Waals surface area contributed by atoms with Crippen molar-refractivity contribution < 1.29 is 4.79 Å². The van der Waals surface area contributed by atoms with E-state index in [9.17, 15) is 4.79 Å². The smallest absolute Gasteiger partial charge is 0.277 e. The van der Waals surface area contributed by atoms with Crippen LogP contribution in [0.3, 0.4) is 0 Å². The molecular formula is C20H21N5O. The molecule has 0 bridgehead atoms. The highest BCUT2D eigenvalue weighted by Crippen LogP contribution is 2.34. The van der Waals surface area contributed by atoms with Crippen LogP contribution in [0.15, 0.2) is 61.1 Å². The van der Waals surface area contributed by atoms with Gasteiger partial charge in [-0.05, 0) is 43.7 Å². The molecule has 1 aliphatic rings. The molecule has 0 fully saturated rings. The van der Waals surface area contributed by atoms with Crippen LogP contribution < -0.4 is 9.80 Å². The Balaban J connectivity index is 1.76. The standard InChI is InChI=1S/C20H21N5O/c1-15-9-13-23(2)18-6-3-4-7-19(18)25(15)20(26)17-14-16(8-11-21-17)24-12-5-10-22-24/h3-8,10-12,14-15H,9,13H2,1-2H3. The molecule has 132 valence electrons. The largest absolute Gasteiger partial charge is 0.373 e. The molecule has 0 spiro atoms. The lowest BCUT2D eigenvalue weighted by molar-refractivity contribution is 0.0973. The van der Waals surface area contributed by atoms with Gasteiger partial charge in [0.05, 0.1) is 17.1 Å². The van der Waals surface area contributed by atoms with Crippen molar-refractivity contribution in [2.24, 2.45) is 0 Å². The van der Waals surface area contributed by atoms with Gasteiger partial charge in [0.2, 0.25) is 0 Å². The number of fused-ring (bicyclic) bond motifs is 1. The summed E-state index contributed by atoms with van der Waals surface area (Å²) < 4.78 is 1.73. The highest BCUT2D eigenvalue weighted by atomic mass is 16.2. The Morgan fingerprint density at radius 1 is 1.12 bits per heavy atom.